The molecule has 0 aliphatic carbocycles. The largest absolute Gasteiger partial charge is 0.313 e. The average molecular weight is 358 g/mol. The molecule has 0 aliphatic heterocycles. The predicted molar refractivity (Wildman–Crippen MR) is 103 cm³/mol. The average Bonchev–Trinajstić information content (AvgIpc) is 2.53. The quantitative estimate of drug-likeness (QED) is 0.316. The molecule has 0 radical (unpaired) electrons. The minimum Gasteiger partial charge on any atom is -0.313 e. The van der Waals surface area contributed by atoms with Gasteiger partial charge in [-0.05, 0) is 60.8 Å². The Balaban J connectivity index is 3.79. The van der Waals surface area contributed by atoms with Gasteiger partial charge in [0, 0.05) is 24.3 Å². The van der Waals surface area contributed by atoms with E-state index in [9.17, 15) is 0 Å². The highest BCUT2D eigenvalue weighted by Gasteiger charge is 2.09. The van der Waals surface area contributed by atoms with Gasteiger partial charge in [-0.3, -0.25) is 0 Å². The van der Waals surface area contributed by atoms with Gasteiger partial charge < -0.3 is 5.41 Å². The summed E-state index contributed by atoms with van der Waals surface area (Å²) in [5.41, 5.74) is 0. The van der Waals surface area contributed by atoms with Crippen molar-refractivity contribution in [2.24, 2.45) is 5.92 Å². The summed E-state index contributed by atoms with van der Waals surface area (Å²) in [6.45, 7) is 0. The van der Waals surface area contributed by atoms with E-state index < -0.39 is 0 Å². The maximum atomic E-state index is 8.54. The molecule has 0 saturated heterocycles. The van der Waals surface area contributed by atoms with Crippen LogP contribution < -0.4 is 0 Å². The summed E-state index contributed by atoms with van der Waals surface area (Å²) >= 11 is 5.73. The summed E-state index contributed by atoms with van der Waals surface area (Å²) in [7, 11) is 0. The number of rotatable bonds is 16. The maximum Gasteiger partial charge on any atom is 0.0630 e. The second kappa shape index (κ2) is 18.7. The molecule has 0 aromatic heterocycles. The van der Waals surface area contributed by atoms with E-state index in [1.54, 1.807) is 0 Å². The SMILES string of the molecule is N#CCCSCCC(CCSCCC#N)CCSCCC=N. The molecule has 22 heavy (non-hydrogen) atoms. The highest BCUT2D eigenvalue weighted by atomic mass is 32.2. The van der Waals surface area contributed by atoms with E-state index in [0.29, 0.717) is 12.8 Å². The smallest absolute Gasteiger partial charge is 0.0630 e. The minimum atomic E-state index is 0.652. The van der Waals surface area contributed by atoms with Gasteiger partial charge in [-0.1, -0.05) is 0 Å². The molecule has 6 heteroatoms. The van der Waals surface area contributed by atoms with Crippen LogP contribution in [-0.2, 0) is 0 Å². The zero-order valence-electron chi connectivity index (χ0n) is 13.3. The number of hydrogen-bond donors (Lipinski definition) is 1. The van der Waals surface area contributed by atoms with Crippen molar-refractivity contribution < 1.29 is 0 Å². The van der Waals surface area contributed by atoms with Crippen LogP contribution in [0.2, 0.25) is 0 Å². The first-order valence-electron chi connectivity index (χ1n) is 7.81. The third kappa shape index (κ3) is 16.1. The standard InChI is InChI=1S/C16H27N3S3/c17-7-1-10-20-13-4-16(5-14-21-11-2-8-18)6-15-22-12-3-9-19/h7,16-17H,1-6,10-15H2. The molecule has 0 aliphatic rings. The molecule has 0 amide bonds. The fraction of sp³-hybridized carbons (Fsp3) is 0.812. The molecule has 0 fully saturated rings. The van der Waals surface area contributed by atoms with Gasteiger partial charge in [-0.15, -0.1) is 0 Å². The van der Waals surface area contributed by atoms with Crippen molar-refractivity contribution >= 4 is 41.5 Å². The van der Waals surface area contributed by atoms with Crippen molar-refractivity contribution in [1.29, 1.82) is 15.9 Å². The molecule has 124 valence electrons. The van der Waals surface area contributed by atoms with Gasteiger partial charge in [0.15, 0.2) is 0 Å². The second-order valence-corrected chi connectivity index (χ2v) is 8.55. The van der Waals surface area contributed by atoms with Crippen molar-refractivity contribution in [3.8, 4) is 12.1 Å². The molecule has 0 spiro atoms. The summed E-state index contributed by atoms with van der Waals surface area (Å²) in [6.07, 6.45) is 7.39. The molecule has 0 heterocycles. The Morgan fingerprint density at radius 2 is 1.23 bits per heavy atom. The van der Waals surface area contributed by atoms with E-state index in [1.165, 1.54) is 31.2 Å². The zero-order valence-corrected chi connectivity index (χ0v) is 15.7. The highest BCUT2D eigenvalue weighted by Crippen LogP contribution is 2.22. The van der Waals surface area contributed by atoms with E-state index in [4.69, 9.17) is 15.9 Å². The van der Waals surface area contributed by atoms with Gasteiger partial charge in [0.05, 0.1) is 12.1 Å². The van der Waals surface area contributed by atoms with E-state index in [2.05, 4.69) is 12.1 Å². The van der Waals surface area contributed by atoms with Crippen LogP contribution in [0.1, 0.15) is 38.5 Å². The first-order valence-corrected chi connectivity index (χ1v) is 11.3. The molecule has 0 aromatic rings. The van der Waals surface area contributed by atoms with E-state index in [1.807, 2.05) is 35.3 Å². The lowest BCUT2D eigenvalue weighted by atomic mass is 10.0. The van der Waals surface area contributed by atoms with Crippen LogP contribution in [0.15, 0.2) is 0 Å². The molecule has 0 rings (SSSR count). The first-order chi connectivity index (χ1) is 10.8. The number of thioether (sulfide) groups is 3. The number of hydrogen-bond acceptors (Lipinski definition) is 6. The Hall–Kier alpha value is -0.300. The van der Waals surface area contributed by atoms with Crippen molar-refractivity contribution in [2.45, 2.75) is 38.5 Å². The Kier molecular flexibility index (Phi) is 18.5. The van der Waals surface area contributed by atoms with Crippen LogP contribution in [-0.4, -0.2) is 40.7 Å². The number of nitrogens with zero attached hydrogens (tertiary/aromatic N) is 2. The Labute approximate surface area is 148 Å². The summed E-state index contributed by atoms with van der Waals surface area (Å²) in [6, 6.07) is 4.38. The molecule has 3 nitrogen and oxygen atoms in total. The zero-order chi connectivity index (χ0) is 16.3. The predicted octanol–water partition coefficient (Wildman–Crippen LogP) is 4.84. The highest BCUT2D eigenvalue weighted by molar-refractivity contribution is 7.99. The van der Waals surface area contributed by atoms with Gasteiger partial charge in [0.1, 0.15) is 0 Å². The van der Waals surface area contributed by atoms with Crippen molar-refractivity contribution in [3.63, 3.8) is 0 Å². The van der Waals surface area contributed by atoms with Gasteiger partial charge in [0.25, 0.3) is 0 Å². The normalized spacial score (nSPS) is 10.3. The monoisotopic (exact) mass is 357 g/mol. The Bertz CT molecular complexity index is 313. The van der Waals surface area contributed by atoms with Crippen LogP contribution in [0, 0.1) is 34.0 Å². The fourth-order valence-electron chi connectivity index (χ4n) is 1.87. The molecule has 0 bridgehead atoms. The molecular formula is C16H27N3S3. The lowest BCUT2D eigenvalue weighted by Crippen LogP contribution is -2.06. The Morgan fingerprint density at radius 1 is 0.773 bits per heavy atom. The van der Waals surface area contributed by atoms with Crippen LogP contribution >= 0.6 is 35.3 Å². The lowest BCUT2D eigenvalue weighted by Gasteiger charge is -2.16. The minimum absolute atomic E-state index is 0.652. The van der Waals surface area contributed by atoms with Crippen LogP contribution in [0.5, 0.6) is 0 Å². The first kappa shape index (κ1) is 21.7. The van der Waals surface area contributed by atoms with Crippen LogP contribution in [0.4, 0.5) is 0 Å². The van der Waals surface area contributed by atoms with Crippen LogP contribution in [0.3, 0.4) is 0 Å². The molecular weight excluding hydrogens is 330 g/mol. The summed E-state index contributed by atoms with van der Waals surface area (Å²) in [4.78, 5) is 0. The van der Waals surface area contributed by atoms with E-state index >= 15 is 0 Å². The van der Waals surface area contributed by atoms with E-state index in [-0.39, 0.29) is 0 Å². The van der Waals surface area contributed by atoms with E-state index in [0.717, 1.165) is 41.1 Å². The van der Waals surface area contributed by atoms with Crippen molar-refractivity contribution in [3.05, 3.63) is 0 Å². The lowest BCUT2D eigenvalue weighted by molar-refractivity contribution is 0.489. The summed E-state index contributed by atoms with van der Waals surface area (Å²) < 4.78 is 0. The molecule has 0 atom stereocenters. The van der Waals surface area contributed by atoms with Gasteiger partial charge in [-0.25, -0.2) is 0 Å². The third-order valence-corrected chi connectivity index (χ3v) is 6.22. The van der Waals surface area contributed by atoms with Gasteiger partial charge in [-0.2, -0.15) is 45.8 Å². The second-order valence-electron chi connectivity index (χ2n) is 4.88. The molecule has 0 unspecified atom stereocenters. The van der Waals surface area contributed by atoms with Gasteiger partial charge in [0.2, 0.25) is 0 Å². The summed E-state index contributed by atoms with van der Waals surface area (Å²) in [5, 5.41) is 24.1. The molecule has 0 saturated carbocycles. The molecule has 1 N–H and O–H groups in total. The van der Waals surface area contributed by atoms with Crippen LogP contribution in [0.25, 0.3) is 0 Å². The third-order valence-electron chi connectivity index (χ3n) is 3.13. The topological polar surface area (TPSA) is 71.4 Å². The van der Waals surface area contributed by atoms with Crippen molar-refractivity contribution in [2.75, 3.05) is 34.5 Å². The fourth-order valence-corrected chi connectivity index (χ4v) is 4.74. The molecule has 0 aromatic carbocycles. The maximum absolute atomic E-state index is 8.54. The van der Waals surface area contributed by atoms with Crippen molar-refractivity contribution in [1.82, 2.24) is 0 Å². The Morgan fingerprint density at radius 3 is 1.64 bits per heavy atom. The number of nitriles is 2. The summed E-state index contributed by atoms with van der Waals surface area (Å²) in [5.74, 6) is 7.22. The number of nitrogens with one attached hydrogen (secondary N) is 1. The van der Waals surface area contributed by atoms with Gasteiger partial charge >= 0.3 is 0 Å².